The summed E-state index contributed by atoms with van der Waals surface area (Å²) < 4.78 is 16.7. The first-order valence-corrected chi connectivity index (χ1v) is 9.68. The van der Waals surface area contributed by atoms with Gasteiger partial charge in [0.1, 0.15) is 0 Å². The largest absolute Gasteiger partial charge is 0.379 e. The van der Waals surface area contributed by atoms with Crippen molar-refractivity contribution in [2.75, 3.05) is 59.7 Å². The van der Waals surface area contributed by atoms with E-state index in [1.54, 1.807) is 0 Å². The molecule has 0 bridgehead atoms. The van der Waals surface area contributed by atoms with Gasteiger partial charge in [0.15, 0.2) is 5.96 Å². The average molecular weight is 484 g/mol. The van der Waals surface area contributed by atoms with Gasteiger partial charge in [0.25, 0.3) is 0 Å². The normalized spacial score (nSPS) is 25.6. The summed E-state index contributed by atoms with van der Waals surface area (Å²) in [5.41, 5.74) is 0. The van der Waals surface area contributed by atoms with E-state index in [0.29, 0.717) is 18.2 Å². The summed E-state index contributed by atoms with van der Waals surface area (Å²) in [5, 5.41) is 6.77. The highest BCUT2D eigenvalue weighted by Crippen LogP contribution is 2.12. The van der Waals surface area contributed by atoms with E-state index in [1.165, 1.54) is 6.42 Å². The maximum atomic E-state index is 5.68. The van der Waals surface area contributed by atoms with Crippen molar-refractivity contribution < 1.29 is 14.2 Å². The van der Waals surface area contributed by atoms with E-state index >= 15 is 0 Å². The molecule has 2 fully saturated rings. The number of aliphatic imine (C=N–C) groups is 1. The molecule has 2 aliphatic rings. The molecule has 0 aromatic rings. The van der Waals surface area contributed by atoms with Crippen LogP contribution in [-0.2, 0) is 14.2 Å². The Balaban J connectivity index is 0.00000338. The van der Waals surface area contributed by atoms with Crippen molar-refractivity contribution in [3.8, 4) is 0 Å². The fourth-order valence-electron chi connectivity index (χ4n) is 3.35. The summed E-state index contributed by atoms with van der Waals surface area (Å²) >= 11 is 0. The van der Waals surface area contributed by atoms with Gasteiger partial charge in [-0.1, -0.05) is 0 Å². The molecular formula is C18H37IN4O3. The molecule has 0 radical (unpaired) electrons. The Hall–Kier alpha value is -0.160. The van der Waals surface area contributed by atoms with Crippen LogP contribution in [0, 0.1) is 0 Å². The molecule has 0 spiro atoms. The van der Waals surface area contributed by atoms with Crippen molar-refractivity contribution in [2.24, 2.45) is 4.99 Å². The minimum atomic E-state index is 0. The summed E-state index contributed by atoms with van der Waals surface area (Å²) in [6.45, 7) is 11.2. The minimum absolute atomic E-state index is 0. The molecule has 0 aromatic carbocycles. The van der Waals surface area contributed by atoms with Gasteiger partial charge in [-0.25, -0.2) is 0 Å². The van der Waals surface area contributed by atoms with Crippen molar-refractivity contribution in [3.05, 3.63) is 0 Å². The molecule has 0 aromatic heterocycles. The van der Waals surface area contributed by atoms with E-state index in [0.717, 1.165) is 71.5 Å². The van der Waals surface area contributed by atoms with Crippen LogP contribution in [-0.4, -0.2) is 88.8 Å². The van der Waals surface area contributed by atoms with E-state index in [9.17, 15) is 0 Å². The average Bonchev–Trinajstić information content (AvgIpc) is 3.14. The van der Waals surface area contributed by atoms with Gasteiger partial charge in [0.2, 0.25) is 0 Å². The maximum Gasteiger partial charge on any atom is 0.191 e. The number of hydrogen-bond acceptors (Lipinski definition) is 5. The Morgan fingerprint density at radius 2 is 2.19 bits per heavy atom. The molecule has 0 aliphatic carbocycles. The molecule has 154 valence electrons. The van der Waals surface area contributed by atoms with Crippen molar-refractivity contribution in [2.45, 2.75) is 51.3 Å². The van der Waals surface area contributed by atoms with Gasteiger partial charge < -0.3 is 24.8 Å². The number of hydrogen-bond donors (Lipinski definition) is 2. The van der Waals surface area contributed by atoms with Crippen molar-refractivity contribution in [1.29, 1.82) is 0 Å². The van der Waals surface area contributed by atoms with Crippen LogP contribution in [0.2, 0.25) is 0 Å². The molecule has 3 atom stereocenters. The van der Waals surface area contributed by atoms with Gasteiger partial charge in [-0.15, -0.1) is 24.0 Å². The van der Waals surface area contributed by atoms with E-state index in [2.05, 4.69) is 34.4 Å². The van der Waals surface area contributed by atoms with Crippen LogP contribution in [0.25, 0.3) is 0 Å². The van der Waals surface area contributed by atoms with E-state index in [4.69, 9.17) is 14.2 Å². The third-order valence-electron chi connectivity index (χ3n) is 4.86. The van der Waals surface area contributed by atoms with E-state index in [1.807, 2.05) is 7.05 Å². The molecule has 0 amide bonds. The molecule has 3 unspecified atom stereocenters. The Morgan fingerprint density at radius 1 is 1.35 bits per heavy atom. The Bertz CT molecular complexity index is 395. The SMILES string of the molecule is CN=C(NCCCOCC1CCCO1)NCC(C)N1CCOCC1C.I. The fourth-order valence-corrected chi connectivity index (χ4v) is 3.35. The van der Waals surface area contributed by atoms with E-state index in [-0.39, 0.29) is 24.0 Å². The fraction of sp³-hybridized carbons (Fsp3) is 0.944. The van der Waals surface area contributed by atoms with Gasteiger partial charge >= 0.3 is 0 Å². The predicted molar refractivity (Wildman–Crippen MR) is 116 cm³/mol. The van der Waals surface area contributed by atoms with Crippen LogP contribution in [0.4, 0.5) is 0 Å². The molecule has 8 heteroatoms. The number of morpholine rings is 1. The van der Waals surface area contributed by atoms with Crippen LogP contribution in [0.1, 0.15) is 33.1 Å². The lowest BCUT2D eigenvalue weighted by Crippen LogP contribution is -2.53. The van der Waals surface area contributed by atoms with Gasteiger partial charge in [0, 0.05) is 52.0 Å². The lowest BCUT2D eigenvalue weighted by molar-refractivity contribution is -0.0174. The molecule has 2 saturated heterocycles. The second kappa shape index (κ2) is 13.9. The third-order valence-corrected chi connectivity index (χ3v) is 4.86. The quantitative estimate of drug-likeness (QED) is 0.224. The number of nitrogens with one attached hydrogen (secondary N) is 2. The van der Waals surface area contributed by atoms with E-state index < -0.39 is 0 Å². The van der Waals surface area contributed by atoms with Gasteiger partial charge in [-0.3, -0.25) is 9.89 Å². The van der Waals surface area contributed by atoms with Gasteiger partial charge in [-0.05, 0) is 33.1 Å². The minimum Gasteiger partial charge on any atom is -0.379 e. The standard InChI is InChI=1S/C18H36N4O3.HI/c1-15(22-8-11-24-13-16(22)2)12-21-18(19-3)20-7-5-9-23-14-17-6-4-10-25-17;/h15-17H,4-14H2,1-3H3,(H2,19,20,21);1H. The summed E-state index contributed by atoms with van der Waals surface area (Å²) in [7, 11) is 1.81. The molecule has 2 heterocycles. The highest BCUT2D eigenvalue weighted by Gasteiger charge is 2.23. The molecule has 2 rings (SSSR count). The monoisotopic (exact) mass is 484 g/mol. The van der Waals surface area contributed by atoms with Crippen LogP contribution in [0.3, 0.4) is 0 Å². The molecule has 26 heavy (non-hydrogen) atoms. The Labute approximate surface area is 175 Å². The molecule has 0 saturated carbocycles. The Kier molecular flexibility index (Phi) is 12.8. The zero-order valence-electron chi connectivity index (χ0n) is 16.5. The summed E-state index contributed by atoms with van der Waals surface area (Å²) in [6, 6.07) is 0.925. The van der Waals surface area contributed by atoms with Gasteiger partial charge in [-0.2, -0.15) is 0 Å². The molecule has 2 aliphatic heterocycles. The first-order valence-electron chi connectivity index (χ1n) is 9.68. The lowest BCUT2D eigenvalue weighted by Gasteiger charge is -2.38. The smallest absolute Gasteiger partial charge is 0.191 e. The Morgan fingerprint density at radius 3 is 2.88 bits per heavy atom. The van der Waals surface area contributed by atoms with Crippen LogP contribution in [0.15, 0.2) is 4.99 Å². The number of ether oxygens (including phenoxy) is 3. The van der Waals surface area contributed by atoms with Crippen molar-refractivity contribution in [3.63, 3.8) is 0 Å². The van der Waals surface area contributed by atoms with Crippen molar-refractivity contribution >= 4 is 29.9 Å². The zero-order chi connectivity index (χ0) is 17.9. The molecular weight excluding hydrogens is 447 g/mol. The first kappa shape index (κ1) is 23.9. The third kappa shape index (κ3) is 8.69. The van der Waals surface area contributed by atoms with Crippen LogP contribution >= 0.6 is 24.0 Å². The summed E-state index contributed by atoms with van der Waals surface area (Å²) in [6.07, 6.45) is 3.57. The molecule has 2 N–H and O–H groups in total. The van der Waals surface area contributed by atoms with Crippen LogP contribution in [0.5, 0.6) is 0 Å². The number of guanidine groups is 1. The summed E-state index contributed by atoms with van der Waals surface area (Å²) in [5.74, 6) is 0.854. The van der Waals surface area contributed by atoms with Crippen LogP contribution < -0.4 is 10.6 Å². The summed E-state index contributed by atoms with van der Waals surface area (Å²) in [4.78, 5) is 6.78. The lowest BCUT2D eigenvalue weighted by atomic mass is 10.2. The van der Waals surface area contributed by atoms with Gasteiger partial charge in [0.05, 0.1) is 25.9 Å². The topological polar surface area (TPSA) is 67.4 Å². The molecule has 7 nitrogen and oxygen atoms in total. The number of nitrogens with zero attached hydrogens (tertiary/aromatic N) is 2. The second-order valence-corrected chi connectivity index (χ2v) is 6.95. The second-order valence-electron chi connectivity index (χ2n) is 6.95. The zero-order valence-corrected chi connectivity index (χ0v) is 18.9. The highest BCUT2D eigenvalue weighted by molar-refractivity contribution is 14.0. The first-order chi connectivity index (χ1) is 12.2. The predicted octanol–water partition coefficient (Wildman–Crippen LogP) is 1.46. The highest BCUT2D eigenvalue weighted by atomic mass is 127. The maximum absolute atomic E-state index is 5.68. The number of rotatable bonds is 9. The number of halogens is 1. The van der Waals surface area contributed by atoms with Crippen molar-refractivity contribution in [1.82, 2.24) is 15.5 Å².